The van der Waals surface area contributed by atoms with Crippen molar-refractivity contribution < 1.29 is 0 Å². The molecule has 0 aliphatic heterocycles. The average molecular weight is 155 g/mol. The molecule has 1 rings (SSSR count). The molecule has 11 heavy (non-hydrogen) atoms. The van der Waals surface area contributed by atoms with Crippen molar-refractivity contribution in [3.05, 3.63) is 0 Å². The van der Waals surface area contributed by atoms with E-state index in [1.54, 1.807) is 0 Å². The fourth-order valence-corrected chi connectivity index (χ4v) is 1.62. The second-order valence-corrected chi connectivity index (χ2v) is 3.77. The van der Waals surface area contributed by atoms with Crippen molar-refractivity contribution >= 4 is 0 Å². The van der Waals surface area contributed by atoms with Crippen molar-refractivity contribution in [1.29, 1.82) is 0 Å². The first-order valence-electron chi connectivity index (χ1n) is 5.05. The zero-order chi connectivity index (χ0) is 8.10. The summed E-state index contributed by atoms with van der Waals surface area (Å²) in [6.07, 6.45) is 8.49. The van der Waals surface area contributed by atoms with E-state index in [-0.39, 0.29) is 0 Å². The Kier molecular flexibility index (Phi) is 3.92. The highest BCUT2D eigenvalue weighted by Crippen LogP contribution is 2.23. The Labute approximate surface area is 70.8 Å². The van der Waals surface area contributed by atoms with Gasteiger partial charge in [-0.1, -0.05) is 26.2 Å². The van der Waals surface area contributed by atoms with E-state index in [1.165, 1.54) is 45.1 Å². The number of nitrogens with zero attached hydrogens (tertiary/aromatic N) is 1. The topological polar surface area (TPSA) is 3.24 Å². The molecule has 0 atom stereocenters. The molecule has 0 saturated heterocycles. The normalized spacial score (nSPS) is 18.8. The van der Waals surface area contributed by atoms with Gasteiger partial charge in [0.2, 0.25) is 0 Å². The van der Waals surface area contributed by atoms with Gasteiger partial charge in [-0.25, -0.2) is 0 Å². The SMILES string of the molecule is CCCCCN(C)C1CCC1. The van der Waals surface area contributed by atoms with Gasteiger partial charge in [0.15, 0.2) is 0 Å². The molecular formula is C10H21N. The maximum atomic E-state index is 2.54. The monoisotopic (exact) mass is 155 g/mol. The quantitative estimate of drug-likeness (QED) is 0.552. The molecule has 0 heterocycles. The predicted molar refractivity (Wildman–Crippen MR) is 49.8 cm³/mol. The van der Waals surface area contributed by atoms with Crippen LogP contribution in [0.15, 0.2) is 0 Å². The highest BCUT2D eigenvalue weighted by atomic mass is 15.1. The Balaban J connectivity index is 1.96. The summed E-state index contributed by atoms with van der Waals surface area (Å²) in [5, 5.41) is 0. The van der Waals surface area contributed by atoms with Crippen LogP contribution < -0.4 is 0 Å². The Morgan fingerprint density at radius 3 is 2.45 bits per heavy atom. The molecular weight excluding hydrogens is 134 g/mol. The fourth-order valence-electron chi connectivity index (χ4n) is 1.62. The van der Waals surface area contributed by atoms with Gasteiger partial charge in [0, 0.05) is 6.04 Å². The molecule has 0 radical (unpaired) electrons. The second-order valence-electron chi connectivity index (χ2n) is 3.77. The summed E-state index contributed by atoms with van der Waals surface area (Å²) in [4.78, 5) is 2.54. The first kappa shape index (κ1) is 9.05. The van der Waals surface area contributed by atoms with E-state index in [4.69, 9.17) is 0 Å². The third-order valence-electron chi connectivity index (χ3n) is 2.81. The first-order valence-corrected chi connectivity index (χ1v) is 5.05. The lowest BCUT2D eigenvalue weighted by atomic mass is 9.92. The van der Waals surface area contributed by atoms with Crippen LogP contribution in [-0.2, 0) is 0 Å². The van der Waals surface area contributed by atoms with Gasteiger partial charge in [-0.05, 0) is 32.9 Å². The number of unbranched alkanes of at least 4 members (excludes halogenated alkanes) is 2. The first-order chi connectivity index (χ1) is 5.34. The number of hydrogen-bond donors (Lipinski definition) is 0. The van der Waals surface area contributed by atoms with Gasteiger partial charge in [0.1, 0.15) is 0 Å². The molecule has 1 aliphatic carbocycles. The minimum atomic E-state index is 0.937. The molecule has 0 unspecified atom stereocenters. The predicted octanol–water partition coefficient (Wildman–Crippen LogP) is 2.66. The summed E-state index contributed by atoms with van der Waals surface area (Å²) in [5.74, 6) is 0. The van der Waals surface area contributed by atoms with Crippen molar-refractivity contribution in [2.24, 2.45) is 0 Å². The van der Waals surface area contributed by atoms with Crippen LogP contribution in [-0.4, -0.2) is 24.5 Å². The van der Waals surface area contributed by atoms with Crippen molar-refractivity contribution in [3.63, 3.8) is 0 Å². The highest BCUT2D eigenvalue weighted by Gasteiger charge is 2.20. The van der Waals surface area contributed by atoms with Crippen LogP contribution >= 0.6 is 0 Å². The largest absolute Gasteiger partial charge is 0.303 e. The van der Waals surface area contributed by atoms with Gasteiger partial charge < -0.3 is 4.90 Å². The third kappa shape index (κ3) is 2.82. The van der Waals surface area contributed by atoms with E-state index in [2.05, 4.69) is 18.9 Å². The third-order valence-corrected chi connectivity index (χ3v) is 2.81. The Bertz CT molecular complexity index is 97.0. The molecule has 0 aromatic rings. The molecule has 1 saturated carbocycles. The summed E-state index contributed by atoms with van der Waals surface area (Å²) in [7, 11) is 2.28. The lowest BCUT2D eigenvalue weighted by Gasteiger charge is -2.34. The Hall–Kier alpha value is -0.0400. The van der Waals surface area contributed by atoms with E-state index in [9.17, 15) is 0 Å². The summed E-state index contributed by atoms with van der Waals surface area (Å²) < 4.78 is 0. The van der Waals surface area contributed by atoms with Crippen LogP contribution in [0.25, 0.3) is 0 Å². The van der Waals surface area contributed by atoms with Crippen LogP contribution in [0, 0.1) is 0 Å². The van der Waals surface area contributed by atoms with E-state index < -0.39 is 0 Å². The van der Waals surface area contributed by atoms with Crippen molar-refractivity contribution in [2.75, 3.05) is 13.6 Å². The summed E-state index contributed by atoms with van der Waals surface area (Å²) >= 11 is 0. The van der Waals surface area contributed by atoms with Gasteiger partial charge in [0.05, 0.1) is 0 Å². The van der Waals surface area contributed by atoms with Gasteiger partial charge in [-0.3, -0.25) is 0 Å². The van der Waals surface area contributed by atoms with Crippen LogP contribution in [0.3, 0.4) is 0 Å². The summed E-state index contributed by atoms with van der Waals surface area (Å²) in [6.45, 7) is 3.59. The molecule has 0 spiro atoms. The van der Waals surface area contributed by atoms with E-state index in [0.717, 1.165) is 6.04 Å². The second kappa shape index (κ2) is 4.76. The minimum Gasteiger partial charge on any atom is -0.303 e. The van der Waals surface area contributed by atoms with Crippen LogP contribution in [0.5, 0.6) is 0 Å². The number of hydrogen-bond acceptors (Lipinski definition) is 1. The van der Waals surface area contributed by atoms with Crippen LogP contribution in [0.1, 0.15) is 45.4 Å². The molecule has 0 bridgehead atoms. The molecule has 66 valence electrons. The molecule has 0 aromatic heterocycles. The summed E-state index contributed by atoms with van der Waals surface area (Å²) in [5.41, 5.74) is 0. The van der Waals surface area contributed by atoms with E-state index >= 15 is 0 Å². The standard InChI is InChI=1S/C10H21N/c1-3-4-5-9-11(2)10-7-6-8-10/h10H,3-9H2,1-2H3. The van der Waals surface area contributed by atoms with Crippen LogP contribution in [0.4, 0.5) is 0 Å². The number of rotatable bonds is 5. The van der Waals surface area contributed by atoms with Crippen molar-refractivity contribution in [3.8, 4) is 0 Å². The molecule has 1 heteroatoms. The molecule has 1 fully saturated rings. The smallest absolute Gasteiger partial charge is 0.00922 e. The molecule has 0 aromatic carbocycles. The molecule has 0 amide bonds. The molecule has 1 aliphatic rings. The lowest BCUT2D eigenvalue weighted by Crippen LogP contribution is -2.37. The minimum absolute atomic E-state index is 0.937. The average Bonchev–Trinajstić information content (AvgIpc) is 1.84. The van der Waals surface area contributed by atoms with Crippen molar-refractivity contribution in [2.45, 2.75) is 51.5 Å². The Morgan fingerprint density at radius 1 is 1.27 bits per heavy atom. The fraction of sp³-hybridized carbons (Fsp3) is 1.00. The summed E-state index contributed by atoms with van der Waals surface area (Å²) in [6, 6.07) is 0.937. The van der Waals surface area contributed by atoms with Gasteiger partial charge >= 0.3 is 0 Å². The zero-order valence-corrected chi connectivity index (χ0v) is 7.97. The van der Waals surface area contributed by atoms with Gasteiger partial charge in [-0.15, -0.1) is 0 Å². The highest BCUT2D eigenvalue weighted by molar-refractivity contribution is 4.77. The Morgan fingerprint density at radius 2 is 2.00 bits per heavy atom. The maximum Gasteiger partial charge on any atom is 0.00922 e. The maximum absolute atomic E-state index is 2.54. The lowest BCUT2D eigenvalue weighted by molar-refractivity contribution is 0.157. The molecule has 0 N–H and O–H groups in total. The molecule has 1 nitrogen and oxygen atoms in total. The van der Waals surface area contributed by atoms with Crippen molar-refractivity contribution in [1.82, 2.24) is 4.90 Å². The van der Waals surface area contributed by atoms with Gasteiger partial charge in [-0.2, -0.15) is 0 Å². The van der Waals surface area contributed by atoms with Crippen LogP contribution in [0.2, 0.25) is 0 Å². The zero-order valence-electron chi connectivity index (χ0n) is 7.97. The van der Waals surface area contributed by atoms with E-state index in [0.29, 0.717) is 0 Å². The van der Waals surface area contributed by atoms with Gasteiger partial charge in [0.25, 0.3) is 0 Å². The van der Waals surface area contributed by atoms with E-state index in [1.807, 2.05) is 0 Å².